The molecule has 3 N–H and O–H groups in total. The molecule has 0 aliphatic heterocycles. The van der Waals surface area contributed by atoms with E-state index < -0.39 is 5.97 Å². The minimum Gasteiger partial charge on any atom is -0.478 e. The van der Waals surface area contributed by atoms with Crippen molar-refractivity contribution in [2.45, 2.75) is 26.2 Å². The third-order valence-electron chi connectivity index (χ3n) is 3.19. The highest BCUT2D eigenvalue weighted by Gasteiger charge is 2.15. The molecular weight excluding hydrogens is 266 g/mol. The largest absolute Gasteiger partial charge is 0.478 e. The van der Waals surface area contributed by atoms with Gasteiger partial charge in [0.05, 0.1) is 11.3 Å². The van der Waals surface area contributed by atoms with Gasteiger partial charge in [-0.25, -0.2) is 4.79 Å². The molecule has 0 spiro atoms. The molecule has 4 nitrogen and oxygen atoms in total. The molecule has 2 rings (SSSR count). The molecular formula is C17H19NO3. The van der Waals surface area contributed by atoms with Gasteiger partial charge in [-0.2, -0.15) is 0 Å². The Morgan fingerprint density at radius 1 is 1.14 bits per heavy atom. The first kappa shape index (κ1) is 14.9. The first-order valence-electron chi connectivity index (χ1n) is 6.68. The van der Waals surface area contributed by atoms with E-state index in [-0.39, 0.29) is 11.0 Å². The Morgan fingerprint density at radius 2 is 1.86 bits per heavy atom. The van der Waals surface area contributed by atoms with Gasteiger partial charge >= 0.3 is 5.97 Å². The SMILES string of the molecule is CC(C)(C)c1cccc(Oc2cc(C(=O)O)ccc2N)c1. The van der Waals surface area contributed by atoms with Crippen molar-refractivity contribution in [3.8, 4) is 11.5 Å². The lowest BCUT2D eigenvalue weighted by Crippen LogP contribution is -2.10. The number of rotatable bonds is 3. The molecule has 0 fully saturated rings. The number of hydrogen-bond donors (Lipinski definition) is 2. The van der Waals surface area contributed by atoms with E-state index in [2.05, 4.69) is 20.8 Å². The molecule has 2 aromatic rings. The Bertz CT molecular complexity index is 672. The van der Waals surface area contributed by atoms with Crippen LogP contribution >= 0.6 is 0 Å². The summed E-state index contributed by atoms with van der Waals surface area (Å²) < 4.78 is 5.75. The van der Waals surface area contributed by atoms with Gasteiger partial charge in [-0.15, -0.1) is 0 Å². The second-order valence-corrected chi connectivity index (χ2v) is 5.94. The van der Waals surface area contributed by atoms with Crippen molar-refractivity contribution in [2.75, 3.05) is 5.73 Å². The van der Waals surface area contributed by atoms with Crippen LogP contribution in [-0.2, 0) is 5.41 Å². The van der Waals surface area contributed by atoms with Gasteiger partial charge < -0.3 is 15.6 Å². The molecule has 21 heavy (non-hydrogen) atoms. The molecule has 2 aromatic carbocycles. The van der Waals surface area contributed by atoms with Gasteiger partial charge in [-0.1, -0.05) is 32.9 Å². The average Bonchev–Trinajstić information content (AvgIpc) is 2.40. The van der Waals surface area contributed by atoms with Crippen molar-refractivity contribution in [1.82, 2.24) is 0 Å². The average molecular weight is 285 g/mol. The number of nitrogens with two attached hydrogens (primary N) is 1. The van der Waals surface area contributed by atoms with Gasteiger partial charge in [0.2, 0.25) is 0 Å². The molecule has 0 aromatic heterocycles. The van der Waals surface area contributed by atoms with Crippen molar-refractivity contribution in [1.29, 1.82) is 0 Å². The Kier molecular flexibility index (Phi) is 3.89. The number of aromatic carboxylic acids is 1. The number of anilines is 1. The maximum atomic E-state index is 11.0. The number of benzene rings is 2. The standard InChI is InChI=1S/C17H19NO3/c1-17(2,3)12-5-4-6-13(10-12)21-15-9-11(16(19)20)7-8-14(15)18/h4-10H,18H2,1-3H3,(H,19,20). The number of ether oxygens (including phenoxy) is 1. The highest BCUT2D eigenvalue weighted by molar-refractivity contribution is 5.89. The van der Waals surface area contributed by atoms with E-state index in [0.29, 0.717) is 17.2 Å². The minimum atomic E-state index is -1.01. The second kappa shape index (κ2) is 5.48. The van der Waals surface area contributed by atoms with Crippen LogP contribution in [0, 0.1) is 0 Å². The Morgan fingerprint density at radius 3 is 2.48 bits per heavy atom. The van der Waals surface area contributed by atoms with Crippen LogP contribution in [0.3, 0.4) is 0 Å². The van der Waals surface area contributed by atoms with E-state index >= 15 is 0 Å². The van der Waals surface area contributed by atoms with Crippen LogP contribution in [0.15, 0.2) is 42.5 Å². The van der Waals surface area contributed by atoms with Crippen LogP contribution in [0.25, 0.3) is 0 Å². The lowest BCUT2D eigenvalue weighted by molar-refractivity contribution is 0.0696. The second-order valence-electron chi connectivity index (χ2n) is 5.94. The first-order valence-corrected chi connectivity index (χ1v) is 6.68. The van der Waals surface area contributed by atoms with E-state index in [1.54, 1.807) is 0 Å². The number of carboxylic acid groups (broad SMARTS) is 1. The summed E-state index contributed by atoms with van der Waals surface area (Å²) in [6.45, 7) is 6.35. The smallest absolute Gasteiger partial charge is 0.335 e. The van der Waals surface area contributed by atoms with E-state index in [9.17, 15) is 4.79 Å². The van der Waals surface area contributed by atoms with Gasteiger partial charge in [0.25, 0.3) is 0 Å². The normalized spacial score (nSPS) is 11.2. The van der Waals surface area contributed by atoms with Crippen molar-refractivity contribution in [3.63, 3.8) is 0 Å². The van der Waals surface area contributed by atoms with Crippen molar-refractivity contribution < 1.29 is 14.6 Å². The summed E-state index contributed by atoms with van der Waals surface area (Å²) in [5.74, 6) is -0.0269. The van der Waals surface area contributed by atoms with Gasteiger partial charge in [-0.05, 0) is 41.3 Å². The highest BCUT2D eigenvalue weighted by atomic mass is 16.5. The zero-order valence-electron chi connectivity index (χ0n) is 12.4. The lowest BCUT2D eigenvalue weighted by atomic mass is 9.87. The quantitative estimate of drug-likeness (QED) is 0.834. The zero-order chi connectivity index (χ0) is 15.6. The fraction of sp³-hybridized carbons (Fsp3) is 0.235. The highest BCUT2D eigenvalue weighted by Crippen LogP contribution is 2.31. The summed E-state index contributed by atoms with van der Waals surface area (Å²) >= 11 is 0. The van der Waals surface area contributed by atoms with E-state index in [4.69, 9.17) is 15.6 Å². The van der Waals surface area contributed by atoms with Gasteiger partial charge in [0.15, 0.2) is 5.75 Å². The van der Waals surface area contributed by atoms with Crippen LogP contribution < -0.4 is 10.5 Å². The Balaban J connectivity index is 2.34. The molecule has 0 saturated carbocycles. The van der Waals surface area contributed by atoms with Gasteiger partial charge in [0, 0.05) is 0 Å². The molecule has 4 heteroatoms. The minimum absolute atomic E-state index is 0.00777. The van der Waals surface area contributed by atoms with Gasteiger partial charge in [0.1, 0.15) is 5.75 Å². The maximum absolute atomic E-state index is 11.0. The summed E-state index contributed by atoms with van der Waals surface area (Å²) in [6.07, 6.45) is 0. The predicted octanol–water partition coefficient (Wildman–Crippen LogP) is 4.06. The molecule has 0 aliphatic carbocycles. The fourth-order valence-corrected chi connectivity index (χ4v) is 1.91. The van der Waals surface area contributed by atoms with Crippen molar-refractivity contribution >= 4 is 11.7 Å². The van der Waals surface area contributed by atoms with Crippen LogP contribution in [0.1, 0.15) is 36.7 Å². The van der Waals surface area contributed by atoms with Crippen LogP contribution in [0.5, 0.6) is 11.5 Å². The maximum Gasteiger partial charge on any atom is 0.335 e. The Hall–Kier alpha value is -2.49. The molecule has 110 valence electrons. The summed E-state index contributed by atoms with van der Waals surface area (Å²) in [5.41, 5.74) is 7.53. The molecule has 0 bridgehead atoms. The monoisotopic (exact) mass is 285 g/mol. The van der Waals surface area contributed by atoms with E-state index in [1.165, 1.54) is 18.2 Å². The van der Waals surface area contributed by atoms with Crippen LogP contribution in [-0.4, -0.2) is 11.1 Å². The molecule has 0 saturated heterocycles. The molecule has 0 radical (unpaired) electrons. The molecule has 0 heterocycles. The summed E-state index contributed by atoms with van der Waals surface area (Å²) in [5, 5.41) is 9.02. The third-order valence-corrected chi connectivity index (χ3v) is 3.19. The summed E-state index contributed by atoms with van der Waals surface area (Å²) in [6, 6.07) is 12.1. The van der Waals surface area contributed by atoms with E-state index in [1.807, 2.05) is 24.3 Å². The van der Waals surface area contributed by atoms with Crippen molar-refractivity contribution in [2.24, 2.45) is 0 Å². The number of carboxylic acids is 1. The predicted molar refractivity (Wildman–Crippen MR) is 83.0 cm³/mol. The Labute approximate surface area is 124 Å². The van der Waals surface area contributed by atoms with Crippen LogP contribution in [0.2, 0.25) is 0 Å². The summed E-state index contributed by atoms with van der Waals surface area (Å²) in [7, 11) is 0. The third kappa shape index (κ3) is 3.54. The van der Waals surface area contributed by atoms with Crippen LogP contribution in [0.4, 0.5) is 5.69 Å². The molecule has 0 unspecified atom stereocenters. The molecule has 0 amide bonds. The fourth-order valence-electron chi connectivity index (χ4n) is 1.91. The summed E-state index contributed by atoms with van der Waals surface area (Å²) in [4.78, 5) is 11.0. The molecule has 0 atom stereocenters. The number of carbonyl (C=O) groups is 1. The molecule has 0 aliphatic rings. The number of hydrogen-bond acceptors (Lipinski definition) is 3. The zero-order valence-corrected chi connectivity index (χ0v) is 12.4. The van der Waals surface area contributed by atoms with Gasteiger partial charge in [-0.3, -0.25) is 0 Å². The topological polar surface area (TPSA) is 72.5 Å². The van der Waals surface area contributed by atoms with E-state index in [0.717, 1.165) is 5.56 Å². The van der Waals surface area contributed by atoms with Crippen molar-refractivity contribution in [3.05, 3.63) is 53.6 Å². The first-order chi connectivity index (χ1) is 9.77. The number of nitrogen functional groups attached to an aromatic ring is 1. The lowest BCUT2D eigenvalue weighted by Gasteiger charge is -2.20.